The normalized spacial score (nSPS) is 35.5. The minimum atomic E-state index is -4.96. The van der Waals surface area contributed by atoms with Crippen molar-refractivity contribution in [3.8, 4) is 0 Å². The Morgan fingerprint density at radius 1 is 1.05 bits per heavy atom. The van der Waals surface area contributed by atoms with Gasteiger partial charge in [0.05, 0.1) is 6.61 Å². The van der Waals surface area contributed by atoms with Crippen molar-refractivity contribution in [2.45, 2.75) is 24.1 Å². The van der Waals surface area contributed by atoms with Crippen molar-refractivity contribution in [3.63, 3.8) is 0 Å². The predicted molar refractivity (Wildman–Crippen MR) is 57.8 cm³/mol. The molecule has 0 radical (unpaired) electrons. The van der Waals surface area contributed by atoms with E-state index in [1.807, 2.05) is 0 Å². The van der Waals surface area contributed by atoms with E-state index in [4.69, 9.17) is 19.6 Å². The standard InChI is InChI=1S/C6H14O12P2/c7-4-3(1-16-19(10,11)12)18-6(9,5(4)8)2-17-20(13,14)15/h3-5,7-9H,1-2H2,(H2,10,11,12)(H2,13,14,15)/t3-,4?,5?,6+/m0/s1. The second kappa shape index (κ2) is 6.05. The van der Waals surface area contributed by atoms with Crippen LogP contribution in [-0.4, -0.2) is 72.2 Å². The van der Waals surface area contributed by atoms with Crippen LogP contribution in [0.25, 0.3) is 0 Å². The molecule has 7 N–H and O–H groups in total. The number of phosphoric acid groups is 2. The van der Waals surface area contributed by atoms with E-state index in [0.29, 0.717) is 0 Å². The van der Waals surface area contributed by atoms with E-state index >= 15 is 0 Å². The first-order valence-electron chi connectivity index (χ1n) is 5.00. The Labute approximate surface area is 112 Å². The smallest absolute Gasteiger partial charge is 0.387 e. The van der Waals surface area contributed by atoms with Crippen LogP contribution in [-0.2, 0) is 22.9 Å². The van der Waals surface area contributed by atoms with Gasteiger partial charge in [-0.25, -0.2) is 9.13 Å². The van der Waals surface area contributed by atoms with Gasteiger partial charge >= 0.3 is 15.6 Å². The van der Waals surface area contributed by atoms with Crippen molar-refractivity contribution in [2.75, 3.05) is 13.2 Å². The lowest BCUT2D eigenvalue weighted by atomic mass is 10.1. The van der Waals surface area contributed by atoms with Crippen molar-refractivity contribution in [1.29, 1.82) is 0 Å². The molecule has 20 heavy (non-hydrogen) atoms. The highest BCUT2D eigenvalue weighted by Gasteiger charge is 2.54. The summed E-state index contributed by atoms with van der Waals surface area (Å²) < 4.78 is 33.6. The van der Waals surface area contributed by atoms with E-state index in [-0.39, 0.29) is 0 Å². The highest BCUT2D eigenvalue weighted by molar-refractivity contribution is 7.46. The van der Waals surface area contributed by atoms with Crippen molar-refractivity contribution in [3.05, 3.63) is 0 Å². The summed E-state index contributed by atoms with van der Waals surface area (Å²) in [4.78, 5) is 33.9. The Hall–Kier alpha value is 0.0600. The van der Waals surface area contributed by atoms with Gasteiger partial charge in [-0.3, -0.25) is 9.05 Å². The molecule has 0 amide bonds. The molecular weight excluding hydrogens is 326 g/mol. The third kappa shape index (κ3) is 5.11. The third-order valence-electron chi connectivity index (χ3n) is 2.37. The average molecular weight is 340 g/mol. The maximum absolute atomic E-state index is 10.5. The van der Waals surface area contributed by atoms with E-state index in [1.165, 1.54) is 0 Å². The fourth-order valence-electron chi connectivity index (χ4n) is 1.47. The van der Waals surface area contributed by atoms with Crippen molar-refractivity contribution in [2.24, 2.45) is 0 Å². The SMILES string of the molecule is O=P(O)(O)OC[C@@H]1O[C@](O)(COP(=O)(O)O)C(O)C1O. The van der Waals surface area contributed by atoms with Gasteiger partial charge in [-0.2, -0.15) is 0 Å². The summed E-state index contributed by atoms with van der Waals surface area (Å²) in [6.07, 6.45) is -5.38. The van der Waals surface area contributed by atoms with E-state index < -0.39 is 53.0 Å². The minimum absolute atomic E-state index is 0.874. The zero-order valence-corrected chi connectivity index (χ0v) is 11.5. The zero-order valence-electron chi connectivity index (χ0n) is 9.71. The van der Waals surface area contributed by atoms with Crippen LogP contribution in [0.3, 0.4) is 0 Å². The second-order valence-corrected chi connectivity index (χ2v) is 6.47. The third-order valence-corrected chi connectivity index (χ3v) is 3.32. The Balaban J connectivity index is 2.67. The van der Waals surface area contributed by atoms with E-state index in [9.17, 15) is 24.4 Å². The van der Waals surface area contributed by atoms with Gasteiger partial charge in [-0.05, 0) is 0 Å². The van der Waals surface area contributed by atoms with Gasteiger partial charge in [0, 0.05) is 0 Å². The highest BCUT2D eigenvalue weighted by Crippen LogP contribution is 2.41. The maximum atomic E-state index is 10.5. The quantitative estimate of drug-likeness (QED) is 0.242. The molecular formula is C6H14O12P2. The molecule has 0 aliphatic carbocycles. The van der Waals surface area contributed by atoms with Gasteiger partial charge in [0.1, 0.15) is 24.9 Å². The van der Waals surface area contributed by atoms with Gasteiger partial charge in [-0.1, -0.05) is 0 Å². The molecule has 1 fully saturated rings. The van der Waals surface area contributed by atoms with Crippen molar-refractivity contribution >= 4 is 15.6 Å². The topological polar surface area (TPSA) is 203 Å². The van der Waals surface area contributed by atoms with E-state index in [2.05, 4.69) is 13.8 Å². The molecule has 0 bridgehead atoms. The molecule has 1 rings (SSSR count). The summed E-state index contributed by atoms with van der Waals surface area (Å²) in [6.45, 7) is -2.05. The lowest BCUT2D eigenvalue weighted by Gasteiger charge is -2.25. The maximum Gasteiger partial charge on any atom is 0.469 e. The molecule has 0 aromatic heterocycles. The second-order valence-electron chi connectivity index (χ2n) is 3.99. The average Bonchev–Trinajstić information content (AvgIpc) is 2.48. The summed E-state index contributed by atoms with van der Waals surface area (Å²) in [5, 5.41) is 28.8. The molecule has 0 saturated carbocycles. The van der Waals surface area contributed by atoms with E-state index in [0.717, 1.165) is 0 Å². The monoisotopic (exact) mass is 340 g/mol. The lowest BCUT2D eigenvalue weighted by molar-refractivity contribution is -0.245. The Morgan fingerprint density at radius 2 is 1.55 bits per heavy atom. The molecule has 1 aliphatic rings. The Kier molecular flexibility index (Phi) is 5.48. The number of phosphoric ester groups is 2. The van der Waals surface area contributed by atoms with Crippen LogP contribution in [0.15, 0.2) is 0 Å². The highest BCUT2D eigenvalue weighted by atomic mass is 31.2. The molecule has 12 nitrogen and oxygen atoms in total. The van der Waals surface area contributed by atoms with Gasteiger partial charge in [-0.15, -0.1) is 0 Å². The number of ether oxygens (including phenoxy) is 1. The minimum Gasteiger partial charge on any atom is -0.387 e. The van der Waals surface area contributed by atoms with Gasteiger partial charge in [0.2, 0.25) is 5.79 Å². The molecule has 0 aromatic carbocycles. The molecule has 1 aliphatic heterocycles. The molecule has 1 heterocycles. The molecule has 0 spiro atoms. The fourth-order valence-corrected chi connectivity index (χ4v) is 2.17. The molecule has 14 heteroatoms. The summed E-state index contributed by atoms with van der Waals surface area (Å²) >= 11 is 0. The molecule has 1 saturated heterocycles. The summed E-state index contributed by atoms with van der Waals surface area (Å²) in [6, 6.07) is 0. The summed E-state index contributed by atoms with van der Waals surface area (Å²) in [5.41, 5.74) is 0. The number of rotatable bonds is 6. The largest absolute Gasteiger partial charge is 0.469 e. The Bertz CT molecular complexity index is 428. The van der Waals surface area contributed by atoms with Crippen LogP contribution < -0.4 is 0 Å². The Morgan fingerprint density at radius 3 is 2.00 bits per heavy atom. The van der Waals surface area contributed by atoms with E-state index in [1.54, 1.807) is 0 Å². The number of aliphatic hydroxyl groups is 3. The summed E-state index contributed by atoms with van der Waals surface area (Å²) in [5.74, 6) is -2.66. The van der Waals surface area contributed by atoms with Crippen LogP contribution in [0.2, 0.25) is 0 Å². The van der Waals surface area contributed by atoms with Crippen LogP contribution in [0.4, 0.5) is 0 Å². The van der Waals surface area contributed by atoms with Crippen molar-refractivity contribution < 1.29 is 57.8 Å². The van der Waals surface area contributed by atoms with Crippen LogP contribution in [0.5, 0.6) is 0 Å². The lowest BCUT2D eigenvalue weighted by Crippen LogP contribution is -2.46. The molecule has 4 atom stereocenters. The number of hydrogen-bond donors (Lipinski definition) is 7. The first kappa shape index (κ1) is 18.1. The zero-order chi connectivity index (χ0) is 15.8. The molecule has 0 aromatic rings. The fraction of sp³-hybridized carbons (Fsp3) is 1.00. The molecule has 2 unspecified atom stereocenters. The van der Waals surface area contributed by atoms with Gasteiger partial charge in [0.25, 0.3) is 0 Å². The first-order valence-corrected chi connectivity index (χ1v) is 8.07. The summed E-state index contributed by atoms with van der Waals surface area (Å²) in [7, 11) is -9.82. The van der Waals surface area contributed by atoms with Gasteiger partial charge in [0.15, 0.2) is 0 Å². The number of aliphatic hydroxyl groups excluding tert-OH is 2. The van der Waals surface area contributed by atoms with Gasteiger partial charge < -0.3 is 39.6 Å². The van der Waals surface area contributed by atoms with Crippen molar-refractivity contribution in [1.82, 2.24) is 0 Å². The number of hydrogen-bond acceptors (Lipinski definition) is 8. The van der Waals surface area contributed by atoms with Crippen LogP contribution in [0.1, 0.15) is 0 Å². The predicted octanol–water partition coefficient (Wildman–Crippen LogP) is -2.99. The first-order chi connectivity index (χ1) is 8.84. The molecule has 120 valence electrons. The van der Waals surface area contributed by atoms with Crippen LogP contribution in [0, 0.1) is 0 Å². The van der Waals surface area contributed by atoms with Crippen LogP contribution >= 0.6 is 15.6 Å².